The number of hydrogen-bond donors (Lipinski definition) is 3. The van der Waals surface area contributed by atoms with E-state index in [0.717, 1.165) is 31.7 Å². The quantitative estimate of drug-likeness (QED) is 0.643. The van der Waals surface area contributed by atoms with Crippen molar-refractivity contribution in [1.82, 2.24) is 9.97 Å². The van der Waals surface area contributed by atoms with Gasteiger partial charge in [0.2, 0.25) is 5.95 Å². The Morgan fingerprint density at radius 2 is 2.24 bits per heavy atom. The lowest BCUT2D eigenvalue weighted by Crippen LogP contribution is -2.14. The molecule has 0 aliphatic carbocycles. The summed E-state index contributed by atoms with van der Waals surface area (Å²) in [5, 5.41) is 15.2. The van der Waals surface area contributed by atoms with Crippen LogP contribution in [-0.4, -0.2) is 34.8 Å². The van der Waals surface area contributed by atoms with Gasteiger partial charge in [-0.3, -0.25) is 0 Å². The van der Waals surface area contributed by atoms with Gasteiger partial charge in [-0.05, 0) is 24.8 Å². The largest absolute Gasteiger partial charge is 0.396 e. The minimum atomic E-state index is 0.232. The molecule has 0 radical (unpaired) electrons. The smallest absolute Gasteiger partial charge is 0.224 e. The fourth-order valence-corrected chi connectivity index (χ4v) is 1.38. The second kappa shape index (κ2) is 7.84. The van der Waals surface area contributed by atoms with Gasteiger partial charge in [-0.25, -0.2) is 4.98 Å². The average Bonchev–Trinajstić information content (AvgIpc) is 2.35. The van der Waals surface area contributed by atoms with Crippen LogP contribution in [0.15, 0.2) is 12.3 Å². The van der Waals surface area contributed by atoms with E-state index < -0.39 is 0 Å². The van der Waals surface area contributed by atoms with Gasteiger partial charge in [0.1, 0.15) is 5.82 Å². The predicted molar refractivity (Wildman–Crippen MR) is 70.2 cm³/mol. The Morgan fingerprint density at radius 1 is 1.41 bits per heavy atom. The average molecular weight is 238 g/mol. The van der Waals surface area contributed by atoms with Crippen LogP contribution in [0.5, 0.6) is 0 Å². The van der Waals surface area contributed by atoms with E-state index in [-0.39, 0.29) is 6.61 Å². The van der Waals surface area contributed by atoms with Crippen molar-refractivity contribution in [3.8, 4) is 0 Å². The van der Waals surface area contributed by atoms with Crippen molar-refractivity contribution in [3.63, 3.8) is 0 Å². The van der Waals surface area contributed by atoms with Crippen molar-refractivity contribution in [1.29, 1.82) is 0 Å². The van der Waals surface area contributed by atoms with Crippen LogP contribution in [-0.2, 0) is 0 Å². The molecule has 1 aromatic rings. The van der Waals surface area contributed by atoms with Crippen LogP contribution in [0.3, 0.4) is 0 Å². The summed E-state index contributed by atoms with van der Waals surface area (Å²) in [6, 6.07) is 1.85. The van der Waals surface area contributed by atoms with E-state index in [1.54, 1.807) is 6.20 Å². The van der Waals surface area contributed by atoms with Crippen LogP contribution in [0.25, 0.3) is 0 Å². The van der Waals surface area contributed by atoms with E-state index in [1.807, 2.05) is 6.07 Å². The monoisotopic (exact) mass is 238 g/mol. The molecule has 96 valence electrons. The van der Waals surface area contributed by atoms with Crippen molar-refractivity contribution in [3.05, 3.63) is 12.3 Å². The first-order chi connectivity index (χ1) is 8.26. The minimum absolute atomic E-state index is 0.232. The van der Waals surface area contributed by atoms with Gasteiger partial charge in [-0.2, -0.15) is 4.98 Å². The molecule has 17 heavy (non-hydrogen) atoms. The fourth-order valence-electron chi connectivity index (χ4n) is 1.38. The molecule has 3 N–H and O–H groups in total. The van der Waals surface area contributed by atoms with Gasteiger partial charge in [0.05, 0.1) is 0 Å². The summed E-state index contributed by atoms with van der Waals surface area (Å²) in [5.41, 5.74) is 0. The van der Waals surface area contributed by atoms with E-state index in [4.69, 9.17) is 5.11 Å². The SMILES string of the molecule is CCCNc1nccc(NCC(C)CCO)n1. The Labute approximate surface area is 103 Å². The summed E-state index contributed by atoms with van der Waals surface area (Å²) in [6.07, 6.45) is 3.59. The fraction of sp³-hybridized carbons (Fsp3) is 0.667. The Morgan fingerprint density at radius 3 is 2.94 bits per heavy atom. The number of nitrogens with one attached hydrogen (secondary N) is 2. The number of anilines is 2. The van der Waals surface area contributed by atoms with Crippen molar-refractivity contribution in [2.75, 3.05) is 30.3 Å². The second-order valence-electron chi connectivity index (χ2n) is 4.19. The van der Waals surface area contributed by atoms with Crippen LogP contribution in [0.1, 0.15) is 26.7 Å². The van der Waals surface area contributed by atoms with Crippen LogP contribution in [0.4, 0.5) is 11.8 Å². The number of aliphatic hydroxyl groups is 1. The summed E-state index contributed by atoms with van der Waals surface area (Å²) in [6.45, 7) is 6.12. The van der Waals surface area contributed by atoms with E-state index in [1.165, 1.54) is 0 Å². The molecule has 5 nitrogen and oxygen atoms in total. The molecule has 0 amide bonds. The highest BCUT2D eigenvalue weighted by Gasteiger charge is 2.02. The molecule has 1 atom stereocenters. The lowest BCUT2D eigenvalue weighted by Gasteiger charge is -2.12. The third kappa shape index (κ3) is 5.49. The zero-order valence-electron chi connectivity index (χ0n) is 10.6. The Balaban J connectivity index is 2.42. The van der Waals surface area contributed by atoms with E-state index in [0.29, 0.717) is 11.9 Å². The summed E-state index contributed by atoms with van der Waals surface area (Å²) in [5.74, 6) is 1.91. The maximum absolute atomic E-state index is 8.81. The zero-order valence-corrected chi connectivity index (χ0v) is 10.6. The third-order valence-corrected chi connectivity index (χ3v) is 2.44. The predicted octanol–water partition coefficient (Wildman–Crippen LogP) is 1.73. The molecule has 5 heteroatoms. The maximum Gasteiger partial charge on any atom is 0.224 e. The number of hydrogen-bond acceptors (Lipinski definition) is 5. The molecule has 0 saturated carbocycles. The van der Waals surface area contributed by atoms with E-state index >= 15 is 0 Å². The molecule has 0 bridgehead atoms. The van der Waals surface area contributed by atoms with Crippen molar-refractivity contribution >= 4 is 11.8 Å². The van der Waals surface area contributed by atoms with Gasteiger partial charge in [-0.15, -0.1) is 0 Å². The number of nitrogens with zero attached hydrogens (tertiary/aromatic N) is 2. The Bertz CT molecular complexity index is 319. The molecule has 0 aliphatic rings. The maximum atomic E-state index is 8.81. The molecule has 0 saturated heterocycles. The normalized spacial score (nSPS) is 12.2. The second-order valence-corrected chi connectivity index (χ2v) is 4.19. The first-order valence-electron chi connectivity index (χ1n) is 6.18. The summed E-state index contributed by atoms with van der Waals surface area (Å²) in [7, 11) is 0. The third-order valence-electron chi connectivity index (χ3n) is 2.44. The standard InChI is InChI=1S/C12H22N4O/c1-3-6-13-12-14-7-4-11(16-12)15-9-10(2)5-8-17/h4,7,10,17H,3,5-6,8-9H2,1-2H3,(H2,13,14,15,16). The first kappa shape index (κ1) is 13.7. The van der Waals surface area contributed by atoms with Gasteiger partial charge in [0.25, 0.3) is 0 Å². The molecule has 0 aliphatic heterocycles. The Kier molecular flexibility index (Phi) is 6.32. The van der Waals surface area contributed by atoms with Crippen LogP contribution in [0.2, 0.25) is 0 Å². The van der Waals surface area contributed by atoms with Gasteiger partial charge in [0, 0.05) is 25.9 Å². The lowest BCUT2D eigenvalue weighted by atomic mass is 10.1. The molecule has 0 spiro atoms. The van der Waals surface area contributed by atoms with E-state index in [9.17, 15) is 0 Å². The Hall–Kier alpha value is -1.36. The van der Waals surface area contributed by atoms with Crippen LogP contribution in [0, 0.1) is 5.92 Å². The molecular weight excluding hydrogens is 216 g/mol. The van der Waals surface area contributed by atoms with Gasteiger partial charge >= 0.3 is 0 Å². The van der Waals surface area contributed by atoms with Crippen LogP contribution < -0.4 is 10.6 Å². The van der Waals surface area contributed by atoms with Crippen molar-refractivity contribution in [2.24, 2.45) is 5.92 Å². The zero-order chi connectivity index (χ0) is 12.5. The van der Waals surface area contributed by atoms with Crippen molar-refractivity contribution < 1.29 is 5.11 Å². The first-order valence-corrected chi connectivity index (χ1v) is 6.18. The summed E-state index contributed by atoms with van der Waals surface area (Å²) >= 11 is 0. The molecule has 1 aromatic heterocycles. The number of aliphatic hydroxyl groups excluding tert-OH is 1. The van der Waals surface area contributed by atoms with Gasteiger partial charge in [0.15, 0.2) is 0 Å². The highest BCUT2D eigenvalue weighted by molar-refractivity contribution is 5.39. The van der Waals surface area contributed by atoms with Gasteiger partial charge < -0.3 is 15.7 Å². The molecular formula is C12H22N4O. The topological polar surface area (TPSA) is 70.1 Å². The van der Waals surface area contributed by atoms with Crippen molar-refractivity contribution in [2.45, 2.75) is 26.7 Å². The van der Waals surface area contributed by atoms with E-state index in [2.05, 4.69) is 34.4 Å². The lowest BCUT2D eigenvalue weighted by molar-refractivity contribution is 0.266. The van der Waals surface area contributed by atoms with Crippen LogP contribution >= 0.6 is 0 Å². The molecule has 0 aromatic carbocycles. The molecule has 1 unspecified atom stereocenters. The summed E-state index contributed by atoms with van der Waals surface area (Å²) < 4.78 is 0. The summed E-state index contributed by atoms with van der Waals surface area (Å²) in [4.78, 5) is 8.48. The number of aromatic nitrogens is 2. The highest BCUT2D eigenvalue weighted by atomic mass is 16.3. The number of rotatable bonds is 8. The molecule has 0 fully saturated rings. The molecule has 1 rings (SSSR count). The minimum Gasteiger partial charge on any atom is -0.396 e. The highest BCUT2D eigenvalue weighted by Crippen LogP contribution is 2.08. The molecule has 1 heterocycles. The van der Waals surface area contributed by atoms with Gasteiger partial charge in [-0.1, -0.05) is 13.8 Å².